The van der Waals surface area contributed by atoms with Crippen molar-refractivity contribution < 1.29 is 19.1 Å². The van der Waals surface area contributed by atoms with Crippen LogP contribution >= 0.6 is 50.9 Å². The zero-order chi connectivity index (χ0) is 21.8. The third-order valence-electron chi connectivity index (χ3n) is 4.09. The standard InChI is InChI=1S/C21H14BrCl2NO4S/c1-3-6-25-20(26)19(30-21(25)27)8-13-7-17(28-2)18(10-15(13)22)29-11-12-4-5-14(23)9-16(12)24/h1,4-5,7-10H,6,11H2,2H3/b19-8+. The van der Waals surface area contributed by atoms with Crippen molar-refractivity contribution in [2.24, 2.45) is 0 Å². The SMILES string of the molecule is C#CCN1C(=O)S/C(=C/c2cc(OC)c(OCc3ccc(Cl)cc3Cl)cc2Br)C1=O. The molecule has 1 fully saturated rings. The summed E-state index contributed by atoms with van der Waals surface area (Å²) in [5.74, 6) is 2.82. The van der Waals surface area contributed by atoms with Crippen LogP contribution in [0.25, 0.3) is 6.08 Å². The molecule has 5 nitrogen and oxygen atoms in total. The van der Waals surface area contributed by atoms with Gasteiger partial charge in [-0.25, -0.2) is 0 Å². The normalized spacial score (nSPS) is 14.9. The van der Waals surface area contributed by atoms with Gasteiger partial charge in [0.15, 0.2) is 11.5 Å². The number of thioether (sulfide) groups is 1. The minimum Gasteiger partial charge on any atom is -0.493 e. The summed E-state index contributed by atoms with van der Waals surface area (Å²) in [4.78, 5) is 25.6. The van der Waals surface area contributed by atoms with Gasteiger partial charge in [-0.15, -0.1) is 6.42 Å². The fraction of sp³-hybridized carbons (Fsp3) is 0.143. The predicted molar refractivity (Wildman–Crippen MR) is 123 cm³/mol. The average molecular weight is 527 g/mol. The summed E-state index contributed by atoms with van der Waals surface area (Å²) >= 11 is 16.4. The Labute approximate surface area is 196 Å². The zero-order valence-electron chi connectivity index (χ0n) is 15.6. The lowest BCUT2D eigenvalue weighted by Gasteiger charge is -2.14. The molecule has 1 heterocycles. The van der Waals surface area contributed by atoms with Crippen molar-refractivity contribution in [2.75, 3.05) is 13.7 Å². The number of methoxy groups -OCH3 is 1. The van der Waals surface area contributed by atoms with E-state index in [2.05, 4.69) is 21.9 Å². The molecule has 2 amide bonds. The fourth-order valence-electron chi connectivity index (χ4n) is 2.60. The quantitative estimate of drug-likeness (QED) is 0.340. The molecule has 0 spiro atoms. The van der Waals surface area contributed by atoms with E-state index < -0.39 is 11.1 Å². The summed E-state index contributed by atoms with van der Waals surface area (Å²) in [5.41, 5.74) is 1.42. The van der Waals surface area contributed by atoms with E-state index in [9.17, 15) is 9.59 Å². The van der Waals surface area contributed by atoms with E-state index in [0.29, 0.717) is 31.6 Å². The highest BCUT2D eigenvalue weighted by molar-refractivity contribution is 9.10. The van der Waals surface area contributed by atoms with Crippen LogP contribution in [-0.2, 0) is 11.4 Å². The highest BCUT2D eigenvalue weighted by Gasteiger charge is 2.34. The molecular weight excluding hydrogens is 513 g/mol. The molecule has 30 heavy (non-hydrogen) atoms. The van der Waals surface area contributed by atoms with Crippen LogP contribution in [0.5, 0.6) is 11.5 Å². The Morgan fingerprint density at radius 3 is 2.67 bits per heavy atom. The predicted octanol–water partition coefficient (Wildman–Crippen LogP) is 6.01. The Bertz CT molecular complexity index is 1100. The minimum atomic E-state index is -0.425. The second-order valence-corrected chi connectivity index (χ2v) is 8.71. The lowest BCUT2D eigenvalue weighted by Crippen LogP contribution is -2.28. The maximum absolute atomic E-state index is 12.4. The molecule has 1 aliphatic heterocycles. The summed E-state index contributed by atoms with van der Waals surface area (Å²) < 4.78 is 12.0. The Balaban J connectivity index is 1.85. The molecule has 0 radical (unpaired) electrons. The molecule has 2 aromatic carbocycles. The number of nitrogens with zero attached hydrogens (tertiary/aromatic N) is 1. The number of ether oxygens (including phenoxy) is 2. The Morgan fingerprint density at radius 1 is 1.23 bits per heavy atom. The third kappa shape index (κ3) is 4.96. The van der Waals surface area contributed by atoms with Gasteiger partial charge in [0.1, 0.15) is 6.61 Å². The minimum absolute atomic E-state index is 0.0630. The topological polar surface area (TPSA) is 55.8 Å². The molecule has 154 valence electrons. The van der Waals surface area contributed by atoms with Gasteiger partial charge in [-0.3, -0.25) is 14.5 Å². The molecule has 2 aromatic rings. The van der Waals surface area contributed by atoms with E-state index in [1.54, 1.807) is 36.4 Å². The lowest BCUT2D eigenvalue weighted by atomic mass is 10.1. The van der Waals surface area contributed by atoms with Crippen LogP contribution in [0.15, 0.2) is 39.7 Å². The van der Waals surface area contributed by atoms with Gasteiger partial charge in [0.05, 0.1) is 18.6 Å². The van der Waals surface area contributed by atoms with Crippen LogP contribution in [0, 0.1) is 12.3 Å². The molecule has 0 aliphatic carbocycles. The maximum Gasteiger partial charge on any atom is 0.294 e. The van der Waals surface area contributed by atoms with Gasteiger partial charge < -0.3 is 9.47 Å². The molecule has 1 saturated heterocycles. The molecule has 0 bridgehead atoms. The molecule has 0 aromatic heterocycles. The van der Waals surface area contributed by atoms with Crippen molar-refractivity contribution in [3.8, 4) is 23.8 Å². The smallest absolute Gasteiger partial charge is 0.294 e. The Morgan fingerprint density at radius 2 is 2.00 bits per heavy atom. The monoisotopic (exact) mass is 525 g/mol. The number of hydrogen-bond acceptors (Lipinski definition) is 5. The summed E-state index contributed by atoms with van der Waals surface area (Å²) in [6, 6.07) is 8.59. The van der Waals surface area contributed by atoms with Crippen LogP contribution in [-0.4, -0.2) is 29.7 Å². The van der Waals surface area contributed by atoms with Crippen LogP contribution in [0.1, 0.15) is 11.1 Å². The number of carbonyl (C=O) groups is 2. The van der Waals surface area contributed by atoms with Crippen molar-refractivity contribution in [1.29, 1.82) is 0 Å². The molecule has 0 N–H and O–H groups in total. The molecule has 9 heteroatoms. The number of hydrogen-bond donors (Lipinski definition) is 0. The first kappa shape index (κ1) is 22.6. The number of benzene rings is 2. The Hall–Kier alpha value is -2.11. The first-order valence-electron chi connectivity index (χ1n) is 8.47. The van der Waals surface area contributed by atoms with E-state index in [1.165, 1.54) is 7.11 Å². The highest BCUT2D eigenvalue weighted by atomic mass is 79.9. The van der Waals surface area contributed by atoms with Crippen LogP contribution in [0.2, 0.25) is 10.0 Å². The first-order valence-corrected chi connectivity index (χ1v) is 10.8. The van der Waals surface area contributed by atoms with Crippen LogP contribution in [0.4, 0.5) is 4.79 Å². The van der Waals surface area contributed by atoms with Gasteiger partial charge >= 0.3 is 0 Å². The van der Waals surface area contributed by atoms with Gasteiger partial charge in [-0.2, -0.15) is 0 Å². The molecule has 0 atom stereocenters. The molecule has 3 rings (SSSR count). The summed E-state index contributed by atoms with van der Waals surface area (Å²) in [7, 11) is 1.51. The maximum atomic E-state index is 12.4. The van der Waals surface area contributed by atoms with Crippen molar-refractivity contribution in [1.82, 2.24) is 4.90 Å². The van der Waals surface area contributed by atoms with Crippen molar-refractivity contribution in [3.63, 3.8) is 0 Å². The average Bonchev–Trinajstić information content (AvgIpc) is 2.96. The van der Waals surface area contributed by atoms with E-state index >= 15 is 0 Å². The Kier molecular flexibility index (Phi) is 7.37. The van der Waals surface area contributed by atoms with Gasteiger partial charge in [0.2, 0.25) is 0 Å². The second-order valence-electron chi connectivity index (χ2n) is 6.02. The number of halogens is 3. The first-order chi connectivity index (χ1) is 14.3. The van der Waals surface area contributed by atoms with E-state index in [4.69, 9.17) is 39.1 Å². The number of rotatable bonds is 6. The van der Waals surface area contributed by atoms with Crippen molar-refractivity contribution in [2.45, 2.75) is 6.61 Å². The summed E-state index contributed by atoms with van der Waals surface area (Å²) in [5, 5.41) is 0.645. The molecule has 0 saturated carbocycles. The van der Waals surface area contributed by atoms with E-state index in [-0.39, 0.29) is 18.1 Å². The lowest BCUT2D eigenvalue weighted by molar-refractivity contribution is -0.122. The molecule has 0 unspecified atom stereocenters. The van der Waals surface area contributed by atoms with Gasteiger partial charge in [0, 0.05) is 20.1 Å². The van der Waals surface area contributed by atoms with Gasteiger partial charge in [-0.05, 0) is 47.7 Å². The van der Waals surface area contributed by atoms with Gasteiger partial charge in [-0.1, -0.05) is 51.1 Å². The number of imide groups is 1. The summed E-state index contributed by atoms with van der Waals surface area (Å²) in [6.45, 7) is 0.148. The van der Waals surface area contributed by atoms with Crippen LogP contribution in [0.3, 0.4) is 0 Å². The third-order valence-corrected chi connectivity index (χ3v) is 6.27. The van der Waals surface area contributed by atoms with E-state index in [1.807, 2.05) is 0 Å². The van der Waals surface area contributed by atoms with E-state index in [0.717, 1.165) is 22.2 Å². The van der Waals surface area contributed by atoms with Crippen molar-refractivity contribution >= 4 is 68.1 Å². The number of terminal acetylenes is 1. The zero-order valence-corrected chi connectivity index (χ0v) is 19.5. The number of amides is 2. The highest BCUT2D eigenvalue weighted by Crippen LogP contribution is 2.38. The van der Waals surface area contributed by atoms with Crippen molar-refractivity contribution in [3.05, 3.63) is 60.9 Å². The van der Waals surface area contributed by atoms with Gasteiger partial charge in [0.25, 0.3) is 11.1 Å². The largest absolute Gasteiger partial charge is 0.493 e. The summed E-state index contributed by atoms with van der Waals surface area (Å²) in [6.07, 6.45) is 6.82. The van der Waals surface area contributed by atoms with Crippen LogP contribution < -0.4 is 9.47 Å². The number of carbonyl (C=O) groups excluding carboxylic acids is 2. The fourth-order valence-corrected chi connectivity index (χ4v) is 4.33. The molecule has 1 aliphatic rings. The molecular formula is C21H14BrCl2NO4S. The second kappa shape index (κ2) is 9.80.